The molecule has 0 spiro atoms. The maximum Gasteiger partial charge on any atom is 0.253 e. The van der Waals surface area contributed by atoms with Crippen LogP contribution in [0.1, 0.15) is 27.8 Å². The zero-order valence-electron chi connectivity index (χ0n) is 16.4. The lowest BCUT2D eigenvalue weighted by Gasteiger charge is -2.19. The summed E-state index contributed by atoms with van der Waals surface area (Å²) in [5.41, 5.74) is 1.06. The van der Waals surface area contributed by atoms with Crippen LogP contribution in [0.5, 0.6) is 5.75 Å². The average molecular weight is 447 g/mol. The number of hydrogen-bond donors (Lipinski definition) is 2. The molecule has 3 rings (SSSR count). The molecule has 0 bridgehead atoms. The van der Waals surface area contributed by atoms with E-state index in [0.717, 1.165) is 5.56 Å². The van der Waals surface area contributed by atoms with Crippen LogP contribution in [0.25, 0.3) is 0 Å². The number of carbonyl (C=O) groups excluding carboxylic acids is 2. The normalized spacial score (nSPS) is 11.6. The van der Waals surface area contributed by atoms with Gasteiger partial charge in [-0.05, 0) is 35.9 Å². The molecular weight excluding hydrogens is 427 g/mol. The van der Waals surface area contributed by atoms with E-state index in [2.05, 4.69) is 15.6 Å². The van der Waals surface area contributed by atoms with Crippen molar-refractivity contribution in [3.05, 3.63) is 81.9 Å². The Bertz CT molecular complexity index is 1050. The van der Waals surface area contributed by atoms with E-state index < -0.39 is 11.9 Å². The first kappa shape index (κ1) is 21.7. The maximum atomic E-state index is 12.6. The van der Waals surface area contributed by atoms with Crippen molar-refractivity contribution >= 4 is 35.0 Å². The van der Waals surface area contributed by atoms with Crippen molar-refractivity contribution in [2.24, 2.45) is 7.05 Å². The summed E-state index contributed by atoms with van der Waals surface area (Å²) in [5, 5.41) is 6.12. The fourth-order valence-corrected chi connectivity index (χ4v) is 3.38. The summed E-state index contributed by atoms with van der Waals surface area (Å²) < 4.78 is 7.01. The number of nitrogens with one attached hydrogen (secondary N) is 2. The van der Waals surface area contributed by atoms with Crippen molar-refractivity contribution in [1.29, 1.82) is 0 Å². The molecule has 1 heterocycles. The number of halogens is 2. The lowest BCUT2D eigenvalue weighted by molar-refractivity contribution is -0.120. The van der Waals surface area contributed by atoms with Crippen LogP contribution >= 0.6 is 23.2 Å². The summed E-state index contributed by atoms with van der Waals surface area (Å²) in [7, 11) is 3.43. The molecule has 1 unspecified atom stereocenters. The number of amides is 2. The number of hydrogen-bond acceptors (Lipinski definition) is 4. The van der Waals surface area contributed by atoms with E-state index >= 15 is 0 Å². The van der Waals surface area contributed by atoms with E-state index in [1.165, 1.54) is 12.1 Å². The molecule has 9 heteroatoms. The monoisotopic (exact) mass is 446 g/mol. The minimum Gasteiger partial charge on any atom is -0.497 e. The molecule has 30 heavy (non-hydrogen) atoms. The standard InChI is InChI=1S/C21H20Cl2N4O3/c1-27-10-9-24-20(27)19(13-3-6-15(30-2)7-4-13)26-18(28)12-25-21(29)16-8-5-14(22)11-17(16)23/h3-11,19H,12H2,1-2H3,(H,25,29)(H,26,28). The highest BCUT2D eigenvalue weighted by Gasteiger charge is 2.21. The third-order valence-corrected chi connectivity index (χ3v) is 5.00. The van der Waals surface area contributed by atoms with Gasteiger partial charge in [0, 0.05) is 24.5 Å². The molecular formula is C21H20Cl2N4O3. The predicted octanol–water partition coefficient (Wildman–Crippen LogP) is 3.37. The fourth-order valence-electron chi connectivity index (χ4n) is 2.89. The van der Waals surface area contributed by atoms with Crippen LogP contribution in [-0.4, -0.2) is 35.0 Å². The summed E-state index contributed by atoms with van der Waals surface area (Å²) in [4.78, 5) is 29.3. The number of methoxy groups -OCH3 is 1. The third-order valence-electron chi connectivity index (χ3n) is 4.46. The highest BCUT2D eigenvalue weighted by molar-refractivity contribution is 6.36. The van der Waals surface area contributed by atoms with Gasteiger partial charge in [0.05, 0.1) is 24.2 Å². The van der Waals surface area contributed by atoms with Gasteiger partial charge in [0.2, 0.25) is 5.91 Å². The topological polar surface area (TPSA) is 85.2 Å². The Labute approximate surface area is 184 Å². The van der Waals surface area contributed by atoms with Crippen LogP contribution in [0.2, 0.25) is 10.0 Å². The van der Waals surface area contributed by atoms with Crippen LogP contribution in [0, 0.1) is 0 Å². The number of aryl methyl sites for hydroxylation is 1. The SMILES string of the molecule is COc1ccc(C(NC(=O)CNC(=O)c2ccc(Cl)cc2Cl)c2nccn2C)cc1. The van der Waals surface area contributed by atoms with Crippen LogP contribution in [0.3, 0.4) is 0 Å². The van der Waals surface area contributed by atoms with E-state index in [9.17, 15) is 9.59 Å². The maximum absolute atomic E-state index is 12.6. The predicted molar refractivity (Wildman–Crippen MR) is 115 cm³/mol. The third kappa shape index (κ3) is 5.11. The first-order valence-corrected chi connectivity index (χ1v) is 9.78. The van der Waals surface area contributed by atoms with Crippen LogP contribution in [-0.2, 0) is 11.8 Å². The molecule has 0 aliphatic heterocycles. The minimum absolute atomic E-state index is 0.213. The molecule has 0 radical (unpaired) electrons. The Morgan fingerprint density at radius 3 is 2.50 bits per heavy atom. The van der Waals surface area contributed by atoms with Crippen molar-refractivity contribution < 1.29 is 14.3 Å². The number of rotatable bonds is 7. The average Bonchev–Trinajstić information content (AvgIpc) is 3.16. The van der Waals surface area contributed by atoms with E-state index in [1.54, 1.807) is 25.6 Å². The largest absolute Gasteiger partial charge is 0.497 e. The molecule has 2 amide bonds. The number of imidazole rings is 1. The van der Waals surface area contributed by atoms with Gasteiger partial charge in [-0.1, -0.05) is 35.3 Å². The fraction of sp³-hybridized carbons (Fsp3) is 0.190. The Balaban J connectivity index is 1.71. The van der Waals surface area contributed by atoms with Crippen LogP contribution in [0.15, 0.2) is 54.9 Å². The van der Waals surface area contributed by atoms with Gasteiger partial charge >= 0.3 is 0 Å². The Morgan fingerprint density at radius 2 is 1.90 bits per heavy atom. The highest BCUT2D eigenvalue weighted by atomic mass is 35.5. The van der Waals surface area contributed by atoms with E-state index in [1.807, 2.05) is 35.9 Å². The number of nitrogens with zero attached hydrogens (tertiary/aromatic N) is 2. The molecule has 0 aliphatic rings. The van der Waals surface area contributed by atoms with Gasteiger partial charge in [0.1, 0.15) is 17.6 Å². The molecule has 0 aliphatic carbocycles. The zero-order chi connectivity index (χ0) is 21.7. The first-order valence-electron chi connectivity index (χ1n) is 9.03. The second kappa shape index (κ2) is 9.65. The Morgan fingerprint density at radius 1 is 1.17 bits per heavy atom. The minimum atomic E-state index is -0.501. The Hall–Kier alpha value is -3.03. The summed E-state index contributed by atoms with van der Waals surface area (Å²) in [6.07, 6.45) is 3.45. The second-order valence-electron chi connectivity index (χ2n) is 6.48. The molecule has 1 aromatic heterocycles. The van der Waals surface area contributed by atoms with E-state index in [-0.39, 0.29) is 23.0 Å². The number of benzene rings is 2. The van der Waals surface area contributed by atoms with Crippen molar-refractivity contribution in [3.8, 4) is 5.75 Å². The molecule has 3 aromatic rings. The molecule has 0 saturated heterocycles. The number of aromatic nitrogens is 2. The Kier molecular flexibility index (Phi) is 6.97. The van der Waals surface area contributed by atoms with Gasteiger partial charge in [-0.3, -0.25) is 9.59 Å². The van der Waals surface area contributed by atoms with Gasteiger partial charge in [-0.2, -0.15) is 0 Å². The number of carbonyl (C=O) groups is 2. The lowest BCUT2D eigenvalue weighted by atomic mass is 10.1. The second-order valence-corrected chi connectivity index (χ2v) is 7.32. The zero-order valence-corrected chi connectivity index (χ0v) is 17.9. The van der Waals surface area contributed by atoms with Gasteiger partial charge < -0.3 is 19.9 Å². The molecule has 156 valence electrons. The van der Waals surface area contributed by atoms with Crippen molar-refractivity contribution in [2.45, 2.75) is 6.04 Å². The van der Waals surface area contributed by atoms with E-state index in [4.69, 9.17) is 27.9 Å². The number of ether oxygens (including phenoxy) is 1. The lowest BCUT2D eigenvalue weighted by Crippen LogP contribution is -2.39. The van der Waals surface area contributed by atoms with Gasteiger partial charge in [-0.25, -0.2) is 4.98 Å². The summed E-state index contributed by atoms with van der Waals surface area (Å²) in [6, 6.07) is 11.4. The highest BCUT2D eigenvalue weighted by Crippen LogP contribution is 2.23. The van der Waals surface area contributed by atoms with Crippen molar-refractivity contribution in [1.82, 2.24) is 20.2 Å². The molecule has 0 saturated carbocycles. The smallest absolute Gasteiger partial charge is 0.253 e. The van der Waals surface area contributed by atoms with Crippen LogP contribution in [0.4, 0.5) is 0 Å². The summed E-state index contributed by atoms with van der Waals surface area (Å²) in [5.74, 6) is 0.512. The molecule has 1 atom stereocenters. The van der Waals surface area contributed by atoms with Crippen molar-refractivity contribution in [3.63, 3.8) is 0 Å². The van der Waals surface area contributed by atoms with Gasteiger partial charge in [0.15, 0.2) is 0 Å². The van der Waals surface area contributed by atoms with Crippen molar-refractivity contribution in [2.75, 3.05) is 13.7 Å². The van der Waals surface area contributed by atoms with Crippen LogP contribution < -0.4 is 15.4 Å². The molecule has 2 aromatic carbocycles. The molecule has 0 fully saturated rings. The van der Waals surface area contributed by atoms with Gasteiger partial charge in [0.25, 0.3) is 5.91 Å². The summed E-state index contributed by atoms with van der Waals surface area (Å²) >= 11 is 11.9. The van der Waals surface area contributed by atoms with Gasteiger partial charge in [-0.15, -0.1) is 0 Å². The summed E-state index contributed by atoms with van der Waals surface area (Å²) in [6.45, 7) is -0.227. The molecule has 2 N–H and O–H groups in total. The quantitative estimate of drug-likeness (QED) is 0.582. The molecule has 7 nitrogen and oxygen atoms in total. The van der Waals surface area contributed by atoms with E-state index in [0.29, 0.717) is 16.6 Å². The first-order chi connectivity index (χ1) is 14.4.